The second-order valence-corrected chi connectivity index (χ2v) is 3.99. The van der Waals surface area contributed by atoms with Crippen LogP contribution in [-0.4, -0.2) is 28.4 Å². The third-order valence-corrected chi connectivity index (χ3v) is 2.83. The SMILES string of the molecule is COCC(O)(c1nccn1C)C1CC1. The minimum absolute atomic E-state index is 0.309. The van der Waals surface area contributed by atoms with Gasteiger partial charge in [-0.3, -0.25) is 0 Å². The van der Waals surface area contributed by atoms with Gasteiger partial charge >= 0.3 is 0 Å². The number of aliphatic hydroxyl groups is 1. The normalized spacial score (nSPS) is 20.8. The van der Waals surface area contributed by atoms with E-state index in [1.165, 1.54) is 0 Å². The van der Waals surface area contributed by atoms with Crippen molar-refractivity contribution in [2.24, 2.45) is 13.0 Å². The highest BCUT2D eigenvalue weighted by Gasteiger charge is 2.47. The molecule has 0 bridgehead atoms. The molecule has 1 heterocycles. The number of aryl methyl sites for hydroxylation is 1. The van der Waals surface area contributed by atoms with Gasteiger partial charge in [0.15, 0.2) is 0 Å². The number of nitrogens with zero attached hydrogens (tertiary/aromatic N) is 2. The second-order valence-electron chi connectivity index (χ2n) is 3.99. The Kier molecular flexibility index (Phi) is 2.33. The molecule has 0 aromatic carbocycles. The molecule has 1 aliphatic carbocycles. The van der Waals surface area contributed by atoms with Crippen LogP contribution < -0.4 is 0 Å². The lowest BCUT2D eigenvalue weighted by Gasteiger charge is -2.26. The first-order chi connectivity index (χ1) is 6.68. The number of hydrogen-bond donors (Lipinski definition) is 1. The highest BCUT2D eigenvalue weighted by atomic mass is 16.5. The fraction of sp³-hybridized carbons (Fsp3) is 0.700. The smallest absolute Gasteiger partial charge is 0.148 e. The summed E-state index contributed by atoms with van der Waals surface area (Å²) in [7, 11) is 3.50. The largest absolute Gasteiger partial charge is 0.381 e. The number of imidazole rings is 1. The zero-order chi connectivity index (χ0) is 10.2. The first kappa shape index (κ1) is 9.68. The molecule has 14 heavy (non-hydrogen) atoms. The maximum Gasteiger partial charge on any atom is 0.148 e. The Morgan fingerprint density at radius 3 is 2.86 bits per heavy atom. The Morgan fingerprint density at radius 2 is 2.43 bits per heavy atom. The summed E-state index contributed by atoms with van der Waals surface area (Å²) in [4.78, 5) is 4.20. The van der Waals surface area contributed by atoms with E-state index in [9.17, 15) is 5.11 Å². The molecule has 1 aromatic heterocycles. The van der Waals surface area contributed by atoms with E-state index in [0.29, 0.717) is 18.3 Å². The van der Waals surface area contributed by atoms with E-state index in [-0.39, 0.29) is 0 Å². The summed E-state index contributed by atoms with van der Waals surface area (Å²) in [5, 5.41) is 10.5. The molecule has 1 N–H and O–H groups in total. The van der Waals surface area contributed by atoms with Crippen LogP contribution in [0.4, 0.5) is 0 Å². The Bertz CT molecular complexity index is 320. The molecule has 0 spiro atoms. The zero-order valence-corrected chi connectivity index (χ0v) is 8.60. The van der Waals surface area contributed by atoms with Crippen molar-refractivity contribution in [3.63, 3.8) is 0 Å². The third-order valence-electron chi connectivity index (χ3n) is 2.83. The van der Waals surface area contributed by atoms with Crippen LogP contribution in [-0.2, 0) is 17.4 Å². The van der Waals surface area contributed by atoms with Crippen LogP contribution >= 0.6 is 0 Å². The maximum absolute atomic E-state index is 10.5. The van der Waals surface area contributed by atoms with Crippen LogP contribution in [0.3, 0.4) is 0 Å². The van der Waals surface area contributed by atoms with Crippen LogP contribution in [0.15, 0.2) is 12.4 Å². The predicted molar refractivity (Wildman–Crippen MR) is 51.7 cm³/mol. The number of aromatic nitrogens is 2. The number of hydrogen-bond acceptors (Lipinski definition) is 3. The topological polar surface area (TPSA) is 47.3 Å². The fourth-order valence-electron chi connectivity index (χ4n) is 1.93. The van der Waals surface area contributed by atoms with E-state index in [2.05, 4.69) is 4.98 Å². The van der Waals surface area contributed by atoms with Crippen molar-refractivity contribution in [2.75, 3.05) is 13.7 Å². The maximum atomic E-state index is 10.5. The van der Waals surface area contributed by atoms with E-state index in [0.717, 1.165) is 12.8 Å². The number of rotatable bonds is 4. The molecule has 1 unspecified atom stereocenters. The highest BCUT2D eigenvalue weighted by molar-refractivity contribution is 5.10. The van der Waals surface area contributed by atoms with Gasteiger partial charge in [-0.25, -0.2) is 4.98 Å². The van der Waals surface area contributed by atoms with E-state index in [1.807, 2.05) is 17.8 Å². The summed E-state index contributed by atoms with van der Waals surface area (Å²) in [6, 6.07) is 0. The monoisotopic (exact) mass is 196 g/mol. The Balaban J connectivity index is 2.30. The number of ether oxygens (including phenoxy) is 1. The van der Waals surface area contributed by atoms with Crippen LogP contribution in [0.25, 0.3) is 0 Å². The van der Waals surface area contributed by atoms with Gasteiger partial charge in [-0.15, -0.1) is 0 Å². The lowest BCUT2D eigenvalue weighted by Crippen LogP contribution is -2.36. The van der Waals surface area contributed by atoms with Crippen molar-refractivity contribution in [1.29, 1.82) is 0 Å². The van der Waals surface area contributed by atoms with Gasteiger partial charge in [0.2, 0.25) is 0 Å². The molecule has 0 amide bonds. The Morgan fingerprint density at radius 1 is 1.71 bits per heavy atom. The van der Waals surface area contributed by atoms with Crippen LogP contribution in [0.2, 0.25) is 0 Å². The average Bonchev–Trinajstić information content (AvgIpc) is 2.90. The summed E-state index contributed by atoms with van der Waals surface area (Å²) in [6.07, 6.45) is 5.68. The molecule has 2 rings (SSSR count). The first-order valence-corrected chi connectivity index (χ1v) is 4.87. The molecule has 4 heteroatoms. The molecule has 78 valence electrons. The molecule has 0 saturated heterocycles. The molecule has 0 aliphatic heterocycles. The van der Waals surface area contributed by atoms with Crippen molar-refractivity contribution in [3.8, 4) is 0 Å². The molecule has 1 aromatic rings. The second kappa shape index (κ2) is 3.37. The average molecular weight is 196 g/mol. The van der Waals surface area contributed by atoms with Gasteiger partial charge in [-0.05, 0) is 18.8 Å². The van der Waals surface area contributed by atoms with E-state index < -0.39 is 5.60 Å². The molecule has 1 saturated carbocycles. The van der Waals surface area contributed by atoms with E-state index in [1.54, 1.807) is 13.3 Å². The van der Waals surface area contributed by atoms with E-state index in [4.69, 9.17) is 4.74 Å². The van der Waals surface area contributed by atoms with E-state index >= 15 is 0 Å². The van der Waals surface area contributed by atoms with Crippen LogP contribution in [0.1, 0.15) is 18.7 Å². The minimum atomic E-state index is -0.896. The van der Waals surface area contributed by atoms with Crippen molar-refractivity contribution < 1.29 is 9.84 Å². The fourth-order valence-corrected chi connectivity index (χ4v) is 1.93. The lowest BCUT2D eigenvalue weighted by molar-refractivity contribution is -0.0615. The minimum Gasteiger partial charge on any atom is -0.381 e. The van der Waals surface area contributed by atoms with Gasteiger partial charge in [0, 0.05) is 26.6 Å². The summed E-state index contributed by atoms with van der Waals surface area (Å²) in [5.74, 6) is 1.02. The van der Waals surface area contributed by atoms with Gasteiger partial charge < -0.3 is 14.4 Å². The zero-order valence-electron chi connectivity index (χ0n) is 8.60. The van der Waals surface area contributed by atoms with Crippen LogP contribution in [0, 0.1) is 5.92 Å². The lowest BCUT2D eigenvalue weighted by atomic mass is 9.98. The summed E-state index contributed by atoms with van der Waals surface area (Å²) in [6.45, 7) is 0.322. The molecule has 0 radical (unpaired) electrons. The molecule has 1 atom stereocenters. The Hall–Kier alpha value is -0.870. The molecule has 1 fully saturated rings. The van der Waals surface area contributed by atoms with Crippen molar-refractivity contribution in [1.82, 2.24) is 9.55 Å². The third kappa shape index (κ3) is 1.44. The highest BCUT2D eigenvalue weighted by Crippen LogP contribution is 2.45. The van der Waals surface area contributed by atoms with Gasteiger partial charge in [0.25, 0.3) is 0 Å². The molecular formula is C10H16N2O2. The van der Waals surface area contributed by atoms with Gasteiger partial charge in [-0.2, -0.15) is 0 Å². The quantitative estimate of drug-likeness (QED) is 0.769. The Labute approximate surface area is 83.5 Å². The first-order valence-electron chi connectivity index (χ1n) is 4.87. The van der Waals surface area contributed by atoms with Crippen LogP contribution in [0.5, 0.6) is 0 Å². The standard InChI is InChI=1S/C10H16N2O2/c1-12-6-5-11-9(12)10(13,7-14-2)8-3-4-8/h5-6,8,13H,3-4,7H2,1-2H3. The summed E-state index contributed by atoms with van der Waals surface area (Å²) < 4.78 is 6.94. The molecular weight excluding hydrogens is 180 g/mol. The van der Waals surface area contributed by atoms with Gasteiger partial charge in [0.1, 0.15) is 11.4 Å². The summed E-state index contributed by atoms with van der Waals surface area (Å²) >= 11 is 0. The van der Waals surface area contributed by atoms with Crippen molar-refractivity contribution >= 4 is 0 Å². The van der Waals surface area contributed by atoms with Gasteiger partial charge in [-0.1, -0.05) is 0 Å². The molecule has 1 aliphatic rings. The summed E-state index contributed by atoms with van der Waals surface area (Å²) in [5.41, 5.74) is -0.896. The predicted octanol–water partition coefficient (Wildman–Crippen LogP) is 0.664. The molecule has 4 nitrogen and oxygen atoms in total. The van der Waals surface area contributed by atoms with Gasteiger partial charge in [0.05, 0.1) is 6.61 Å². The van der Waals surface area contributed by atoms with Crippen molar-refractivity contribution in [3.05, 3.63) is 18.2 Å². The number of methoxy groups -OCH3 is 1. The van der Waals surface area contributed by atoms with Crippen molar-refractivity contribution in [2.45, 2.75) is 18.4 Å².